The van der Waals surface area contributed by atoms with Gasteiger partial charge in [-0.1, -0.05) is 6.92 Å². The van der Waals surface area contributed by atoms with Crippen LogP contribution in [-0.4, -0.2) is 4.98 Å². The van der Waals surface area contributed by atoms with E-state index >= 15 is 0 Å². The van der Waals surface area contributed by atoms with Crippen LogP contribution in [0.2, 0.25) is 0 Å². The van der Waals surface area contributed by atoms with Crippen LogP contribution in [0.15, 0.2) is 12.1 Å². The second-order valence-corrected chi connectivity index (χ2v) is 3.73. The van der Waals surface area contributed by atoms with Crippen molar-refractivity contribution in [2.45, 2.75) is 20.3 Å². The summed E-state index contributed by atoms with van der Waals surface area (Å²) in [6.07, 6.45) is 0.685. The van der Waals surface area contributed by atoms with Gasteiger partial charge in [-0.2, -0.15) is 0 Å². The van der Waals surface area contributed by atoms with Crippen LogP contribution < -0.4 is 5.73 Å². The Kier molecular flexibility index (Phi) is 2.50. The van der Waals surface area contributed by atoms with Crippen molar-refractivity contribution < 1.29 is 8.78 Å². The number of aryl methyl sites for hydroxylation is 1. The number of rotatable bonds is 1. The molecule has 0 amide bonds. The number of fused-ring (bicyclic) bond motifs is 1. The van der Waals surface area contributed by atoms with E-state index in [0.29, 0.717) is 12.1 Å². The number of nitrogen functional groups attached to an aromatic ring is 1. The summed E-state index contributed by atoms with van der Waals surface area (Å²) in [7, 11) is 0. The molecule has 0 fully saturated rings. The molecule has 2 N–H and O–H groups in total. The van der Waals surface area contributed by atoms with Gasteiger partial charge >= 0.3 is 0 Å². The number of pyridine rings is 1. The highest BCUT2D eigenvalue weighted by Crippen LogP contribution is 2.28. The van der Waals surface area contributed by atoms with Crippen LogP contribution in [-0.2, 0) is 6.42 Å². The van der Waals surface area contributed by atoms with Crippen molar-refractivity contribution >= 4 is 16.6 Å². The molecular weight excluding hydrogens is 210 g/mol. The number of aromatic nitrogens is 1. The highest BCUT2D eigenvalue weighted by atomic mass is 19.1. The standard InChI is InChI=1S/C12H12F2N2/c1-3-9-6(2)12(15)11-8(14)4-7(13)5-10(11)16-9/h4-5H,3H2,1-2H3,(H2,15,16). The van der Waals surface area contributed by atoms with Crippen molar-refractivity contribution in [3.63, 3.8) is 0 Å². The zero-order valence-corrected chi connectivity index (χ0v) is 9.14. The lowest BCUT2D eigenvalue weighted by molar-refractivity contribution is 0.591. The van der Waals surface area contributed by atoms with Crippen molar-refractivity contribution in [3.05, 3.63) is 35.0 Å². The predicted molar refractivity (Wildman–Crippen MR) is 60.2 cm³/mol. The van der Waals surface area contributed by atoms with E-state index in [-0.39, 0.29) is 10.9 Å². The fourth-order valence-electron chi connectivity index (χ4n) is 1.83. The summed E-state index contributed by atoms with van der Waals surface area (Å²) < 4.78 is 26.6. The van der Waals surface area contributed by atoms with Crippen molar-refractivity contribution in [1.29, 1.82) is 0 Å². The number of hydrogen-bond acceptors (Lipinski definition) is 2. The fraction of sp³-hybridized carbons (Fsp3) is 0.250. The molecule has 16 heavy (non-hydrogen) atoms. The van der Waals surface area contributed by atoms with Crippen molar-refractivity contribution in [3.8, 4) is 0 Å². The molecule has 0 saturated heterocycles. The second-order valence-electron chi connectivity index (χ2n) is 3.73. The zero-order chi connectivity index (χ0) is 11.9. The van der Waals surface area contributed by atoms with Crippen LogP contribution in [0.5, 0.6) is 0 Å². The fourth-order valence-corrected chi connectivity index (χ4v) is 1.83. The number of halogens is 2. The van der Waals surface area contributed by atoms with Crippen LogP contribution >= 0.6 is 0 Å². The minimum Gasteiger partial charge on any atom is -0.398 e. The summed E-state index contributed by atoms with van der Waals surface area (Å²) in [5.74, 6) is -1.30. The Morgan fingerprint density at radius 3 is 2.62 bits per heavy atom. The topological polar surface area (TPSA) is 38.9 Å². The van der Waals surface area contributed by atoms with Crippen LogP contribution in [0, 0.1) is 18.6 Å². The van der Waals surface area contributed by atoms with E-state index in [1.54, 1.807) is 6.92 Å². The first-order valence-electron chi connectivity index (χ1n) is 5.08. The lowest BCUT2D eigenvalue weighted by atomic mass is 10.1. The average molecular weight is 222 g/mol. The highest BCUT2D eigenvalue weighted by molar-refractivity contribution is 5.92. The molecule has 0 bridgehead atoms. The normalized spacial score (nSPS) is 11.0. The van der Waals surface area contributed by atoms with Gasteiger partial charge in [-0.05, 0) is 18.9 Å². The van der Waals surface area contributed by atoms with E-state index in [1.165, 1.54) is 6.07 Å². The van der Waals surface area contributed by atoms with E-state index in [9.17, 15) is 8.78 Å². The van der Waals surface area contributed by atoms with E-state index < -0.39 is 11.6 Å². The molecule has 0 saturated carbocycles. The van der Waals surface area contributed by atoms with Crippen LogP contribution in [0.25, 0.3) is 10.9 Å². The van der Waals surface area contributed by atoms with Crippen LogP contribution in [0.1, 0.15) is 18.2 Å². The zero-order valence-electron chi connectivity index (χ0n) is 9.14. The maximum Gasteiger partial charge on any atom is 0.137 e. The predicted octanol–water partition coefficient (Wildman–Crippen LogP) is 2.97. The molecule has 0 unspecified atom stereocenters. The minimum atomic E-state index is -0.661. The Bertz CT molecular complexity index is 565. The minimum absolute atomic E-state index is 0.205. The lowest BCUT2D eigenvalue weighted by Gasteiger charge is -2.10. The molecule has 2 aromatic rings. The molecule has 0 aliphatic carbocycles. The number of benzene rings is 1. The average Bonchev–Trinajstić information content (AvgIpc) is 2.22. The molecule has 0 aliphatic rings. The maximum absolute atomic E-state index is 13.6. The second kappa shape index (κ2) is 3.70. The maximum atomic E-state index is 13.6. The smallest absolute Gasteiger partial charge is 0.137 e. The van der Waals surface area contributed by atoms with Crippen molar-refractivity contribution in [1.82, 2.24) is 4.98 Å². The van der Waals surface area contributed by atoms with Gasteiger partial charge in [-0.3, -0.25) is 4.98 Å². The third-order valence-electron chi connectivity index (χ3n) is 2.73. The summed E-state index contributed by atoms with van der Waals surface area (Å²) >= 11 is 0. The summed E-state index contributed by atoms with van der Waals surface area (Å²) in [5, 5.41) is 0.205. The van der Waals surface area contributed by atoms with Crippen LogP contribution in [0.4, 0.5) is 14.5 Å². The molecule has 84 valence electrons. The number of nitrogens with two attached hydrogens (primary N) is 1. The molecule has 0 spiro atoms. The SMILES string of the molecule is CCc1nc2cc(F)cc(F)c2c(N)c1C. The summed E-state index contributed by atoms with van der Waals surface area (Å²) in [6, 6.07) is 2.03. The Morgan fingerprint density at radius 2 is 2.00 bits per heavy atom. The summed E-state index contributed by atoms with van der Waals surface area (Å²) in [4.78, 5) is 4.22. The first kappa shape index (κ1) is 10.8. The Hall–Kier alpha value is -1.71. The number of hydrogen-bond donors (Lipinski definition) is 1. The molecule has 1 aromatic carbocycles. The number of anilines is 1. The molecule has 4 heteroatoms. The van der Waals surface area contributed by atoms with E-state index in [2.05, 4.69) is 4.98 Å². The van der Waals surface area contributed by atoms with Gasteiger partial charge < -0.3 is 5.73 Å². The Morgan fingerprint density at radius 1 is 1.31 bits per heavy atom. The van der Waals surface area contributed by atoms with Gasteiger partial charge in [-0.25, -0.2) is 8.78 Å². The quantitative estimate of drug-likeness (QED) is 0.805. The van der Waals surface area contributed by atoms with E-state index in [1.807, 2.05) is 6.92 Å². The van der Waals surface area contributed by atoms with Gasteiger partial charge in [0.05, 0.1) is 10.9 Å². The largest absolute Gasteiger partial charge is 0.398 e. The number of nitrogens with zero attached hydrogens (tertiary/aromatic N) is 1. The third-order valence-corrected chi connectivity index (χ3v) is 2.73. The molecule has 2 rings (SSSR count). The first-order valence-corrected chi connectivity index (χ1v) is 5.08. The van der Waals surface area contributed by atoms with Gasteiger partial charge in [0.25, 0.3) is 0 Å². The molecule has 0 aliphatic heterocycles. The molecule has 0 radical (unpaired) electrons. The molecule has 2 nitrogen and oxygen atoms in total. The van der Waals surface area contributed by atoms with Gasteiger partial charge in [0.1, 0.15) is 11.6 Å². The van der Waals surface area contributed by atoms with E-state index in [0.717, 1.165) is 17.3 Å². The van der Waals surface area contributed by atoms with Gasteiger partial charge in [0, 0.05) is 23.5 Å². The molecular formula is C12H12F2N2. The highest BCUT2D eigenvalue weighted by Gasteiger charge is 2.13. The molecule has 1 aromatic heterocycles. The van der Waals surface area contributed by atoms with Gasteiger partial charge in [0.15, 0.2) is 0 Å². The molecule has 1 heterocycles. The van der Waals surface area contributed by atoms with Crippen molar-refractivity contribution in [2.24, 2.45) is 0 Å². The van der Waals surface area contributed by atoms with Crippen molar-refractivity contribution in [2.75, 3.05) is 5.73 Å². The summed E-state index contributed by atoms with van der Waals surface area (Å²) in [5.41, 5.74) is 8.00. The monoisotopic (exact) mass is 222 g/mol. The van der Waals surface area contributed by atoms with Gasteiger partial charge in [0.2, 0.25) is 0 Å². The lowest BCUT2D eigenvalue weighted by Crippen LogP contribution is -2.02. The third kappa shape index (κ3) is 1.50. The van der Waals surface area contributed by atoms with E-state index in [4.69, 9.17) is 5.73 Å². The summed E-state index contributed by atoms with van der Waals surface area (Å²) in [6.45, 7) is 3.72. The Labute approximate surface area is 92.1 Å². The van der Waals surface area contributed by atoms with Gasteiger partial charge in [-0.15, -0.1) is 0 Å². The van der Waals surface area contributed by atoms with Crippen LogP contribution in [0.3, 0.4) is 0 Å². The first-order chi connectivity index (χ1) is 7.54. The molecule has 0 atom stereocenters. The Balaban J connectivity index is 2.92.